The Balaban J connectivity index is 1.72. The molecule has 2 atom stereocenters. The van der Waals surface area contributed by atoms with E-state index in [-0.39, 0.29) is 18.2 Å². The molecule has 0 aliphatic carbocycles. The van der Waals surface area contributed by atoms with E-state index in [9.17, 15) is 4.79 Å². The minimum absolute atomic E-state index is 0.0453. The fourth-order valence-electron chi connectivity index (χ4n) is 2.90. The number of halogens is 1. The summed E-state index contributed by atoms with van der Waals surface area (Å²) in [4.78, 5) is 16.3. The van der Waals surface area contributed by atoms with Crippen LogP contribution in [0.1, 0.15) is 20.8 Å². The summed E-state index contributed by atoms with van der Waals surface area (Å²) >= 11 is 5.78. The molecule has 0 bridgehead atoms. The van der Waals surface area contributed by atoms with Crippen molar-refractivity contribution in [3.05, 3.63) is 17.3 Å². The number of rotatable bonds is 1. The Morgan fingerprint density at radius 1 is 1.35 bits per heavy atom. The lowest BCUT2D eigenvalue weighted by molar-refractivity contribution is -0.0567. The second kappa shape index (κ2) is 6.13. The van der Waals surface area contributed by atoms with Crippen molar-refractivity contribution < 1.29 is 14.3 Å². The van der Waals surface area contributed by atoms with Gasteiger partial charge in [-0.3, -0.25) is 4.90 Å². The van der Waals surface area contributed by atoms with Crippen molar-refractivity contribution in [3.63, 3.8) is 0 Å². The van der Waals surface area contributed by atoms with Crippen LogP contribution in [0.3, 0.4) is 0 Å². The predicted molar refractivity (Wildman–Crippen MR) is 85.7 cm³/mol. The van der Waals surface area contributed by atoms with Gasteiger partial charge in [-0.15, -0.1) is 10.2 Å². The van der Waals surface area contributed by atoms with Crippen LogP contribution in [0, 0.1) is 0 Å². The molecule has 2 fully saturated rings. The number of carbonyl (C=O) groups is 1. The lowest BCUT2D eigenvalue weighted by Crippen LogP contribution is -2.54. The number of hydrogen-bond donors (Lipinski definition) is 0. The molecule has 23 heavy (non-hydrogen) atoms. The second-order valence-electron chi connectivity index (χ2n) is 6.77. The van der Waals surface area contributed by atoms with Gasteiger partial charge in [-0.25, -0.2) is 4.79 Å². The average Bonchev–Trinajstić information content (AvgIpc) is 2.89. The highest BCUT2D eigenvalue weighted by Crippen LogP contribution is 2.27. The summed E-state index contributed by atoms with van der Waals surface area (Å²) in [6, 6.07) is 3.49. The molecule has 2 saturated heterocycles. The maximum Gasteiger partial charge on any atom is 0.410 e. The molecule has 7 nitrogen and oxygen atoms in total. The second-order valence-corrected chi connectivity index (χ2v) is 7.16. The molecule has 126 valence electrons. The van der Waals surface area contributed by atoms with E-state index in [0.717, 1.165) is 5.82 Å². The van der Waals surface area contributed by atoms with Gasteiger partial charge in [0.05, 0.1) is 18.8 Å². The van der Waals surface area contributed by atoms with Crippen LogP contribution in [0.15, 0.2) is 12.1 Å². The first-order valence-corrected chi connectivity index (χ1v) is 8.07. The Morgan fingerprint density at radius 3 is 2.78 bits per heavy atom. The number of anilines is 1. The number of nitrogens with zero attached hydrogens (tertiary/aromatic N) is 4. The third-order valence-corrected chi connectivity index (χ3v) is 4.07. The fraction of sp³-hybridized carbons (Fsp3) is 0.667. The molecule has 1 aromatic heterocycles. The summed E-state index contributed by atoms with van der Waals surface area (Å²) < 4.78 is 11.3. The van der Waals surface area contributed by atoms with Crippen LogP contribution in [-0.2, 0) is 9.47 Å². The van der Waals surface area contributed by atoms with Gasteiger partial charge in [0.1, 0.15) is 5.60 Å². The number of carbonyl (C=O) groups excluding carboxylic acids is 1. The Bertz CT molecular complexity index is 575. The van der Waals surface area contributed by atoms with Crippen LogP contribution in [0.2, 0.25) is 5.15 Å². The molecular formula is C15H21ClN4O3. The summed E-state index contributed by atoms with van der Waals surface area (Å²) in [6.45, 7) is 7.96. The van der Waals surface area contributed by atoms with Gasteiger partial charge in [0, 0.05) is 19.6 Å². The highest BCUT2D eigenvalue weighted by atomic mass is 35.5. The Morgan fingerprint density at radius 2 is 2.13 bits per heavy atom. The maximum absolute atomic E-state index is 12.4. The van der Waals surface area contributed by atoms with E-state index >= 15 is 0 Å². The molecule has 2 aliphatic rings. The van der Waals surface area contributed by atoms with Crippen LogP contribution in [0.5, 0.6) is 0 Å². The molecule has 1 aromatic rings. The standard InChI is InChI=1S/C15H21ClN4O3/c1-15(2,3)23-14(21)20-6-7-22-11-9-19(8-10(11)20)13-5-4-12(16)17-18-13/h4-5,10-11H,6-9H2,1-3H3/t10-,11?/m1/s1. The number of ether oxygens (including phenoxy) is 2. The minimum Gasteiger partial charge on any atom is -0.444 e. The van der Waals surface area contributed by atoms with Gasteiger partial charge in [-0.2, -0.15) is 0 Å². The Labute approximate surface area is 140 Å². The quantitative estimate of drug-likeness (QED) is 0.778. The van der Waals surface area contributed by atoms with Gasteiger partial charge < -0.3 is 14.4 Å². The zero-order chi connectivity index (χ0) is 16.6. The number of aromatic nitrogens is 2. The van der Waals surface area contributed by atoms with Crippen molar-refractivity contribution in [1.29, 1.82) is 0 Å². The molecule has 8 heteroatoms. The Hall–Kier alpha value is -1.60. The number of hydrogen-bond acceptors (Lipinski definition) is 6. The third-order valence-electron chi connectivity index (χ3n) is 3.87. The monoisotopic (exact) mass is 340 g/mol. The molecular weight excluding hydrogens is 320 g/mol. The normalized spacial score (nSPS) is 24.5. The molecule has 0 aromatic carbocycles. The first-order chi connectivity index (χ1) is 10.8. The molecule has 0 spiro atoms. The van der Waals surface area contributed by atoms with Crippen LogP contribution in [0.4, 0.5) is 10.6 Å². The van der Waals surface area contributed by atoms with E-state index in [4.69, 9.17) is 21.1 Å². The third kappa shape index (κ3) is 3.67. The topological polar surface area (TPSA) is 67.8 Å². The van der Waals surface area contributed by atoms with Crippen LogP contribution >= 0.6 is 11.6 Å². The van der Waals surface area contributed by atoms with E-state index < -0.39 is 5.60 Å². The van der Waals surface area contributed by atoms with Crippen molar-refractivity contribution in [1.82, 2.24) is 15.1 Å². The van der Waals surface area contributed by atoms with Crippen LogP contribution in [-0.4, -0.2) is 65.2 Å². The molecule has 0 N–H and O–H groups in total. The number of morpholine rings is 1. The smallest absolute Gasteiger partial charge is 0.410 e. The molecule has 3 heterocycles. The van der Waals surface area contributed by atoms with E-state index in [1.807, 2.05) is 26.8 Å². The first kappa shape index (κ1) is 16.3. The lowest BCUT2D eigenvalue weighted by Gasteiger charge is -2.37. The van der Waals surface area contributed by atoms with Crippen LogP contribution < -0.4 is 4.90 Å². The maximum atomic E-state index is 12.4. The number of amides is 1. The van der Waals surface area contributed by atoms with Crippen molar-refractivity contribution in [2.75, 3.05) is 31.1 Å². The van der Waals surface area contributed by atoms with Crippen LogP contribution in [0.25, 0.3) is 0 Å². The van der Waals surface area contributed by atoms with E-state index in [1.54, 1.807) is 11.0 Å². The molecule has 3 rings (SSSR count). The average molecular weight is 341 g/mol. The molecule has 0 radical (unpaired) electrons. The largest absolute Gasteiger partial charge is 0.444 e. The predicted octanol–water partition coefficient (Wildman–Crippen LogP) is 1.95. The lowest BCUT2D eigenvalue weighted by atomic mass is 10.1. The van der Waals surface area contributed by atoms with Gasteiger partial charge in [0.25, 0.3) is 0 Å². The number of fused-ring (bicyclic) bond motifs is 1. The molecule has 0 saturated carbocycles. The fourth-order valence-corrected chi connectivity index (χ4v) is 3.00. The van der Waals surface area contributed by atoms with Gasteiger partial charge >= 0.3 is 6.09 Å². The highest BCUT2D eigenvalue weighted by molar-refractivity contribution is 6.29. The summed E-state index contributed by atoms with van der Waals surface area (Å²) in [5.74, 6) is 0.733. The van der Waals surface area contributed by atoms with E-state index in [2.05, 4.69) is 15.1 Å². The zero-order valence-corrected chi connectivity index (χ0v) is 14.3. The zero-order valence-electron chi connectivity index (χ0n) is 13.5. The highest BCUT2D eigenvalue weighted by Gasteiger charge is 2.43. The first-order valence-electron chi connectivity index (χ1n) is 7.69. The van der Waals surface area contributed by atoms with Gasteiger partial charge in [-0.1, -0.05) is 11.6 Å². The van der Waals surface area contributed by atoms with E-state index in [0.29, 0.717) is 31.4 Å². The Kier molecular flexibility index (Phi) is 4.33. The molecule has 1 amide bonds. The summed E-state index contributed by atoms with van der Waals surface area (Å²) in [5.41, 5.74) is -0.509. The van der Waals surface area contributed by atoms with Gasteiger partial charge in [0.15, 0.2) is 11.0 Å². The van der Waals surface area contributed by atoms with Crippen molar-refractivity contribution in [2.24, 2.45) is 0 Å². The van der Waals surface area contributed by atoms with E-state index in [1.165, 1.54) is 0 Å². The summed E-state index contributed by atoms with van der Waals surface area (Å²) in [6.07, 6.45) is -0.339. The van der Waals surface area contributed by atoms with Gasteiger partial charge in [0.2, 0.25) is 0 Å². The van der Waals surface area contributed by atoms with Crippen molar-refractivity contribution >= 4 is 23.5 Å². The van der Waals surface area contributed by atoms with Gasteiger partial charge in [-0.05, 0) is 32.9 Å². The minimum atomic E-state index is -0.509. The summed E-state index contributed by atoms with van der Waals surface area (Å²) in [7, 11) is 0. The van der Waals surface area contributed by atoms with Crippen molar-refractivity contribution in [3.8, 4) is 0 Å². The molecule has 1 unspecified atom stereocenters. The molecule has 2 aliphatic heterocycles. The summed E-state index contributed by atoms with van der Waals surface area (Å²) in [5, 5.41) is 8.33. The van der Waals surface area contributed by atoms with Crippen molar-refractivity contribution in [2.45, 2.75) is 38.5 Å². The SMILES string of the molecule is CC(C)(C)OC(=O)N1CCOC2CN(c3ccc(Cl)nn3)C[C@H]21.